The van der Waals surface area contributed by atoms with E-state index in [2.05, 4.69) is 33.0 Å². The summed E-state index contributed by atoms with van der Waals surface area (Å²) in [7, 11) is 0. The molecule has 0 aromatic rings. The Kier molecular flexibility index (Phi) is 11.4. The Morgan fingerprint density at radius 3 is 1.81 bits per heavy atom. The third-order valence-electron chi connectivity index (χ3n) is 3.74. The standard InChI is InChI=1S/C15H33N/c1-5-14(3)10-7-8-12-16-13-9-11-15(4)6-2/h14-16H,5-13H2,1-4H3. The molecule has 0 aromatic carbocycles. The number of unbranched alkanes of at least 4 members (excludes halogenated alkanes) is 1. The fourth-order valence-corrected chi connectivity index (χ4v) is 1.85. The second-order valence-corrected chi connectivity index (χ2v) is 5.41. The predicted molar refractivity (Wildman–Crippen MR) is 74.9 cm³/mol. The van der Waals surface area contributed by atoms with Crippen molar-refractivity contribution >= 4 is 0 Å². The van der Waals surface area contributed by atoms with E-state index in [1.54, 1.807) is 0 Å². The van der Waals surface area contributed by atoms with Crippen molar-refractivity contribution in [3.63, 3.8) is 0 Å². The van der Waals surface area contributed by atoms with E-state index >= 15 is 0 Å². The SMILES string of the molecule is CCC(C)CCCCNCCCC(C)CC. The highest BCUT2D eigenvalue weighted by molar-refractivity contribution is 4.55. The van der Waals surface area contributed by atoms with Crippen LogP contribution in [0.5, 0.6) is 0 Å². The van der Waals surface area contributed by atoms with Crippen molar-refractivity contribution < 1.29 is 0 Å². The first kappa shape index (κ1) is 16.0. The van der Waals surface area contributed by atoms with E-state index in [1.165, 1.54) is 58.0 Å². The molecule has 0 aliphatic rings. The van der Waals surface area contributed by atoms with Crippen LogP contribution < -0.4 is 5.32 Å². The van der Waals surface area contributed by atoms with Gasteiger partial charge in [0, 0.05) is 0 Å². The van der Waals surface area contributed by atoms with Gasteiger partial charge in [0.25, 0.3) is 0 Å². The summed E-state index contributed by atoms with van der Waals surface area (Å²) in [5.74, 6) is 1.83. The molecule has 0 bridgehead atoms. The van der Waals surface area contributed by atoms with Crippen molar-refractivity contribution in [2.75, 3.05) is 13.1 Å². The number of hydrogen-bond donors (Lipinski definition) is 1. The zero-order valence-electron chi connectivity index (χ0n) is 12.0. The van der Waals surface area contributed by atoms with Crippen LogP contribution in [-0.2, 0) is 0 Å². The van der Waals surface area contributed by atoms with Crippen LogP contribution in [0.3, 0.4) is 0 Å². The van der Waals surface area contributed by atoms with Crippen molar-refractivity contribution in [3.05, 3.63) is 0 Å². The van der Waals surface area contributed by atoms with Crippen molar-refractivity contribution in [1.29, 1.82) is 0 Å². The molecule has 0 fully saturated rings. The van der Waals surface area contributed by atoms with Crippen molar-refractivity contribution in [3.8, 4) is 0 Å². The van der Waals surface area contributed by atoms with Crippen molar-refractivity contribution in [2.24, 2.45) is 11.8 Å². The van der Waals surface area contributed by atoms with Gasteiger partial charge < -0.3 is 5.32 Å². The number of hydrogen-bond acceptors (Lipinski definition) is 1. The summed E-state index contributed by atoms with van der Waals surface area (Å²) in [4.78, 5) is 0. The van der Waals surface area contributed by atoms with E-state index in [-0.39, 0.29) is 0 Å². The molecule has 0 aliphatic carbocycles. The van der Waals surface area contributed by atoms with Crippen LogP contribution in [0.4, 0.5) is 0 Å². The fraction of sp³-hybridized carbons (Fsp3) is 1.00. The van der Waals surface area contributed by atoms with Crippen molar-refractivity contribution in [1.82, 2.24) is 5.32 Å². The van der Waals surface area contributed by atoms with E-state index in [1.807, 2.05) is 0 Å². The summed E-state index contributed by atoms with van der Waals surface area (Å²) >= 11 is 0. The summed E-state index contributed by atoms with van der Waals surface area (Å²) in [6.45, 7) is 11.7. The Balaban J connectivity index is 3.04. The minimum absolute atomic E-state index is 0.909. The average Bonchev–Trinajstić information content (AvgIpc) is 2.31. The Morgan fingerprint density at radius 2 is 1.25 bits per heavy atom. The summed E-state index contributed by atoms with van der Waals surface area (Å²) in [6, 6.07) is 0. The highest BCUT2D eigenvalue weighted by atomic mass is 14.8. The molecule has 0 amide bonds. The Morgan fingerprint density at radius 1 is 0.750 bits per heavy atom. The smallest absolute Gasteiger partial charge is 0.00488 e. The van der Waals surface area contributed by atoms with Crippen LogP contribution >= 0.6 is 0 Å². The van der Waals surface area contributed by atoms with Gasteiger partial charge in [0.05, 0.1) is 0 Å². The van der Waals surface area contributed by atoms with Gasteiger partial charge in [-0.1, -0.05) is 53.4 Å². The van der Waals surface area contributed by atoms with E-state index in [0.29, 0.717) is 0 Å². The van der Waals surface area contributed by atoms with Crippen LogP contribution in [-0.4, -0.2) is 13.1 Å². The molecule has 1 N–H and O–H groups in total. The molecule has 0 spiro atoms. The minimum atomic E-state index is 0.909. The van der Waals surface area contributed by atoms with Gasteiger partial charge in [-0.2, -0.15) is 0 Å². The lowest BCUT2D eigenvalue weighted by Gasteiger charge is -2.10. The average molecular weight is 227 g/mol. The zero-order chi connectivity index (χ0) is 12.2. The monoisotopic (exact) mass is 227 g/mol. The molecule has 0 aromatic heterocycles. The summed E-state index contributed by atoms with van der Waals surface area (Å²) < 4.78 is 0. The number of nitrogens with one attached hydrogen (secondary N) is 1. The summed E-state index contributed by atoms with van der Waals surface area (Å²) in [5.41, 5.74) is 0. The highest BCUT2D eigenvalue weighted by Crippen LogP contribution is 2.10. The zero-order valence-corrected chi connectivity index (χ0v) is 12.0. The first-order valence-electron chi connectivity index (χ1n) is 7.41. The largest absolute Gasteiger partial charge is 0.317 e. The summed E-state index contributed by atoms with van der Waals surface area (Å²) in [6.07, 6.45) is 9.56. The van der Waals surface area contributed by atoms with Gasteiger partial charge in [-0.05, 0) is 44.2 Å². The van der Waals surface area contributed by atoms with Gasteiger partial charge in [-0.25, -0.2) is 0 Å². The Hall–Kier alpha value is -0.0400. The van der Waals surface area contributed by atoms with E-state index in [0.717, 1.165) is 11.8 Å². The van der Waals surface area contributed by atoms with Crippen LogP contribution in [0.1, 0.15) is 72.6 Å². The lowest BCUT2D eigenvalue weighted by molar-refractivity contribution is 0.460. The molecule has 16 heavy (non-hydrogen) atoms. The Labute approximate surface area is 103 Å². The van der Waals surface area contributed by atoms with Gasteiger partial charge in [-0.15, -0.1) is 0 Å². The lowest BCUT2D eigenvalue weighted by Crippen LogP contribution is -2.17. The van der Waals surface area contributed by atoms with Gasteiger partial charge in [0.1, 0.15) is 0 Å². The normalized spacial score (nSPS) is 15.0. The molecule has 2 unspecified atom stereocenters. The van der Waals surface area contributed by atoms with E-state index < -0.39 is 0 Å². The number of rotatable bonds is 11. The second kappa shape index (κ2) is 11.4. The van der Waals surface area contributed by atoms with Gasteiger partial charge in [0.2, 0.25) is 0 Å². The first-order chi connectivity index (χ1) is 7.70. The summed E-state index contributed by atoms with van der Waals surface area (Å²) in [5, 5.41) is 3.56. The van der Waals surface area contributed by atoms with Gasteiger partial charge in [-0.3, -0.25) is 0 Å². The third kappa shape index (κ3) is 10.5. The molecular weight excluding hydrogens is 194 g/mol. The fourth-order valence-electron chi connectivity index (χ4n) is 1.85. The first-order valence-corrected chi connectivity index (χ1v) is 7.41. The minimum Gasteiger partial charge on any atom is -0.317 e. The van der Waals surface area contributed by atoms with Crippen LogP contribution in [0.2, 0.25) is 0 Å². The van der Waals surface area contributed by atoms with E-state index in [9.17, 15) is 0 Å². The van der Waals surface area contributed by atoms with Gasteiger partial charge in [0.15, 0.2) is 0 Å². The maximum atomic E-state index is 3.56. The molecular formula is C15H33N. The molecule has 0 rings (SSSR count). The lowest BCUT2D eigenvalue weighted by atomic mass is 10.0. The maximum Gasteiger partial charge on any atom is -0.00488 e. The molecule has 98 valence electrons. The molecule has 1 nitrogen and oxygen atoms in total. The predicted octanol–water partition coefficient (Wildman–Crippen LogP) is 4.62. The van der Waals surface area contributed by atoms with Crippen LogP contribution in [0.25, 0.3) is 0 Å². The third-order valence-corrected chi connectivity index (χ3v) is 3.74. The van der Waals surface area contributed by atoms with Crippen molar-refractivity contribution in [2.45, 2.75) is 72.6 Å². The molecule has 0 saturated carbocycles. The topological polar surface area (TPSA) is 12.0 Å². The molecule has 2 atom stereocenters. The molecule has 1 heteroatoms. The second-order valence-electron chi connectivity index (χ2n) is 5.41. The van der Waals surface area contributed by atoms with E-state index in [4.69, 9.17) is 0 Å². The Bertz CT molecular complexity index is 117. The molecule has 0 radical (unpaired) electrons. The molecule has 0 aliphatic heterocycles. The van der Waals surface area contributed by atoms with Gasteiger partial charge >= 0.3 is 0 Å². The molecule has 0 heterocycles. The quantitative estimate of drug-likeness (QED) is 0.508. The molecule has 0 saturated heterocycles. The highest BCUT2D eigenvalue weighted by Gasteiger charge is 1.99. The maximum absolute atomic E-state index is 3.56. The van der Waals surface area contributed by atoms with Crippen LogP contribution in [0, 0.1) is 11.8 Å². The van der Waals surface area contributed by atoms with Crippen LogP contribution in [0.15, 0.2) is 0 Å².